The van der Waals surface area contributed by atoms with Gasteiger partial charge in [0.15, 0.2) is 0 Å². The van der Waals surface area contributed by atoms with Gasteiger partial charge >= 0.3 is 0 Å². The largest absolute Gasteiger partial charge is 0.497 e. The zero-order chi connectivity index (χ0) is 13.8. The molecule has 4 heteroatoms. The number of nitrogens with two attached hydrogens (primary N) is 1. The van der Waals surface area contributed by atoms with E-state index < -0.39 is 0 Å². The number of hydrogen-bond donors (Lipinski definition) is 1. The molecule has 1 aliphatic rings. The lowest BCUT2D eigenvalue weighted by Crippen LogP contribution is -2.37. The number of nitrogens with zero attached hydrogens (tertiary/aromatic N) is 2. The molecular formula is C15H25N3O. The first-order valence-corrected chi connectivity index (χ1v) is 6.91. The van der Waals surface area contributed by atoms with Gasteiger partial charge in [-0.25, -0.2) is 0 Å². The minimum Gasteiger partial charge on any atom is -0.497 e. The van der Waals surface area contributed by atoms with Crippen molar-refractivity contribution >= 4 is 5.69 Å². The molecule has 0 aromatic heterocycles. The van der Waals surface area contributed by atoms with E-state index in [1.165, 1.54) is 18.4 Å². The second-order valence-corrected chi connectivity index (χ2v) is 5.59. The maximum absolute atomic E-state index is 6.08. The molecular weight excluding hydrogens is 238 g/mol. The SMILES string of the molecule is COc1ccc(N)c(CN2CCCC2CN(C)C)c1. The van der Waals surface area contributed by atoms with Crippen molar-refractivity contribution in [3.05, 3.63) is 23.8 Å². The summed E-state index contributed by atoms with van der Waals surface area (Å²) in [5.74, 6) is 0.882. The molecule has 1 heterocycles. The Labute approximate surface area is 116 Å². The Morgan fingerprint density at radius 3 is 2.89 bits per heavy atom. The highest BCUT2D eigenvalue weighted by Gasteiger charge is 2.25. The van der Waals surface area contributed by atoms with Crippen LogP contribution in [0.4, 0.5) is 5.69 Å². The first-order chi connectivity index (χ1) is 9.10. The highest BCUT2D eigenvalue weighted by molar-refractivity contribution is 5.50. The van der Waals surface area contributed by atoms with E-state index in [0.29, 0.717) is 6.04 Å². The number of ether oxygens (including phenoxy) is 1. The number of nitrogen functional groups attached to an aromatic ring is 1. The van der Waals surface area contributed by atoms with Gasteiger partial charge < -0.3 is 15.4 Å². The molecule has 1 atom stereocenters. The molecule has 106 valence electrons. The summed E-state index contributed by atoms with van der Waals surface area (Å²) < 4.78 is 5.28. The van der Waals surface area contributed by atoms with Crippen LogP contribution in [-0.4, -0.2) is 50.1 Å². The third-order valence-electron chi connectivity index (χ3n) is 3.80. The van der Waals surface area contributed by atoms with Gasteiger partial charge in [-0.15, -0.1) is 0 Å². The van der Waals surface area contributed by atoms with Gasteiger partial charge in [-0.2, -0.15) is 0 Å². The van der Waals surface area contributed by atoms with Crippen LogP contribution >= 0.6 is 0 Å². The Balaban J connectivity index is 2.07. The lowest BCUT2D eigenvalue weighted by molar-refractivity contribution is 0.201. The quantitative estimate of drug-likeness (QED) is 0.823. The van der Waals surface area contributed by atoms with Crippen LogP contribution in [0.15, 0.2) is 18.2 Å². The van der Waals surface area contributed by atoms with Crippen molar-refractivity contribution in [3.63, 3.8) is 0 Å². The monoisotopic (exact) mass is 263 g/mol. The molecule has 0 aliphatic carbocycles. The second-order valence-electron chi connectivity index (χ2n) is 5.59. The highest BCUT2D eigenvalue weighted by atomic mass is 16.5. The van der Waals surface area contributed by atoms with E-state index >= 15 is 0 Å². The average Bonchev–Trinajstić information content (AvgIpc) is 2.78. The summed E-state index contributed by atoms with van der Waals surface area (Å²) in [5, 5.41) is 0. The van der Waals surface area contributed by atoms with Crippen LogP contribution in [0.1, 0.15) is 18.4 Å². The van der Waals surface area contributed by atoms with Crippen LogP contribution in [-0.2, 0) is 6.54 Å². The fraction of sp³-hybridized carbons (Fsp3) is 0.600. The van der Waals surface area contributed by atoms with Gasteiger partial charge in [0.05, 0.1) is 7.11 Å². The maximum Gasteiger partial charge on any atom is 0.119 e. The standard InChI is InChI=1S/C15H25N3O/c1-17(2)11-13-5-4-8-18(13)10-12-9-14(19-3)6-7-15(12)16/h6-7,9,13H,4-5,8,10-11,16H2,1-3H3. The van der Waals surface area contributed by atoms with Gasteiger partial charge in [-0.3, -0.25) is 4.90 Å². The summed E-state index contributed by atoms with van der Waals surface area (Å²) >= 11 is 0. The van der Waals surface area contributed by atoms with Crippen molar-refractivity contribution < 1.29 is 4.74 Å². The van der Waals surface area contributed by atoms with Crippen LogP contribution in [0.5, 0.6) is 5.75 Å². The number of benzene rings is 1. The summed E-state index contributed by atoms with van der Waals surface area (Å²) in [5.41, 5.74) is 8.11. The predicted octanol–water partition coefficient (Wildman–Crippen LogP) is 1.80. The number of anilines is 1. The summed E-state index contributed by atoms with van der Waals surface area (Å²) in [4.78, 5) is 4.79. The zero-order valence-corrected chi connectivity index (χ0v) is 12.2. The molecule has 0 bridgehead atoms. The molecule has 0 amide bonds. The number of likely N-dealkylation sites (tertiary alicyclic amines) is 1. The molecule has 2 N–H and O–H groups in total. The minimum absolute atomic E-state index is 0.639. The van der Waals surface area contributed by atoms with E-state index in [-0.39, 0.29) is 0 Å². The molecule has 1 saturated heterocycles. The number of methoxy groups -OCH3 is 1. The summed E-state index contributed by atoms with van der Waals surface area (Å²) in [6.07, 6.45) is 2.56. The van der Waals surface area contributed by atoms with Crippen molar-refractivity contribution in [2.24, 2.45) is 0 Å². The molecule has 1 unspecified atom stereocenters. The Hall–Kier alpha value is -1.26. The molecule has 0 saturated carbocycles. The molecule has 1 aromatic carbocycles. The van der Waals surface area contributed by atoms with Gasteiger partial charge in [0.1, 0.15) is 5.75 Å². The Morgan fingerprint density at radius 1 is 1.42 bits per heavy atom. The van der Waals surface area contributed by atoms with Crippen LogP contribution in [0.2, 0.25) is 0 Å². The van der Waals surface area contributed by atoms with Crippen molar-refractivity contribution in [2.75, 3.05) is 40.0 Å². The minimum atomic E-state index is 0.639. The van der Waals surface area contributed by atoms with Gasteiger partial charge in [0.25, 0.3) is 0 Å². The number of hydrogen-bond acceptors (Lipinski definition) is 4. The normalized spacial score (nSPS) is 20.1. The van der Waals surface area contributed by atoms with Gasteiger partial charge in [0, 0.05) is 24.8 Å². The van der Waals surface area contributed by atoms with E-state index in [1.807, 2.05) is 12.1 Å². The first-order valence-electron chi connectivity index (χ1n) is 6.91. The Morgan fingerprint density at radius 2 is 2.21 bits per heavy atom. The third-order valence-corrected chi connectivity index (χ3v) is 3.80. The molecule has 1 aliphatic heterocycles. The molecule has 4 nitrogen and oxygen atoms in total. The summed E-state index contributed by atoms with van der Waals surface area (Å²) in [6.45, 7) is 3.20. The summed E-state index contributed by atoms with van der Waals surface area (Å²) in [7, 11) is 5.97. The first kappa shape index (κ1) is 14.2. The van der Waals surface area contributed by atoms with Crippen molar-refractivity contribution in [2.45, 2.75) is 25.4 Å². The number of likely N-dealkylation sites (N-methyl/N-ethyl adjacent to an activating group) is 1. The lowest BCUT2D eigenvalue weighted by Gasteiger charge is -2.27. The van der Waals surface area contributed by atoms with Gasteiger partial charge in [-0.1, -0.05) is 0 Å². The van der Waals surface area contributed by atoms with Crippen LogP contribution in [0, 0.1) is 0 Å². The van der Waals surface area contributed by atoms with Crippen LogP contribution in [0.25, 0.3) is 0 Å². The van der Waals surface area contributed by atoms with Crippen molar-refractivity contribution in [1.82, 2.24) is 9.80 Å². The van der Waals surface area contributed by atoms with E-state index in [0.717, 1.165) is 31.1 Å². The molecule has 1 fully saturated rings. The van der Waals surface area contributed by atoms with E-state index in [9.17, 15) is 0 Å². The smallest absolute Gasteiger partial charge is 0.119 e. The van der Waals surface area contributed by atoms with E-state index in [2.05, 4.69) is 30.0 Å². The predicted molar refractivity (Wildman–Crippen MR) is 79.4 cm³/mol. The average molecular weight is 263 g/mol. The summed E-state index contributed by atoms with van der Waals surface area (Å²) in [6, 6.07) is 6.55. The maximum atomic E-state index is 6.08. The van der Waals surface area contributed by atoms with Crippen LogP contribution in [0.3, 0.4) is 0 Å². The van der Waals surface area contributed by atoms with E-state index in [4.69, 9.17) is 10.5 Å². The Kier molecular flexibility index (Phi) is 4.66. The fourth-order valence-corrected chi connectivity index (χ4v) is 2.80. The van der Waals surface area contributed by atoms with Crippen molar-refractivity contribution in [1.29, 1.82) is 0 Å². The fourth-order valence-electron chi connectivity index (χ4n) is 2.80. The highest BCUT2D eigenvalue weighted by Crippen LogP contribution is 2.25. The number of rotatable bonds is 5. The second kappa shape index (κ2) is 6.26. The van der Waals surface area contributed by atoms with Gasteiger partial charge in [-0.05, 0) is 57.2 Å². The molecule has 1 aromatic rings. The molecule has 0 spiro atoms. The molecule has 19 heavy (non-hydrogen) atoms. The van der Waals surface area contributed by atoms with Crippen LogP contribution < -0.4 is 10.5 Å². The third kappa shape index (κ3) is 3.61. The molecule has 0 radical (unpaired) electrons. The van der Waals surface area contributed by atoms with E-state index in [1.54, 1.807) is 7.11 Å². The zero-order valence-electron chi connectivity index (χ0n) is 12.2. The lowest BCUT2D eigenvalue weighted by atomic mass is 10.1. The molecule has 2 rings (SSSR count). The van der Waals surface area contributed by atoms with Gasteiger partial charge in [0.2, 0.25) is 0 Å². The Bertz CT molecular complexity index is 420. The topological polar surface area (TPSA) is 41.7 Å². The van der Waals surface area contributed by atoms with Crippen molar-refractivity contribution in [3.8, 4) is 5.75 Å².